The Bertz CT molecular complexity index is 237. The molecule has 0 fully saturated rings. The van der Waals surface area contributed by atoms with Crippen molar-refractivity contribution in [2.75, 3.05) is 19.7 Å². The lowest BCUT2D eigenvalue weighted by molar-refractivity contribution is -0.139. The molecule has 0 aromatic carbocycles. The quantitative estimate of drug-likeness (QED) is 0.188. The topological polar surface area (TPSA) is 165 Å². The molecular formula is C9H23ClN4O4. The molecule has 0 aromatic rings. The zero-order valence-electron chi connectivity index (χ0n) is 10.1. The molecule has 1 unspecified atom stereocenters. The van der Waals surface area contributed by atoms with E-state index < -0.39 is 12.0 Å². The summed E-state index contributed by atoms with van der Waals surface area (Å²) in [5.41, 5.74) is 10.3. The van der Waals surface area contributed by atoms with Crippen molar-refractivity contribution < 1.29 is 20.5 Å². The summed E-state index contributed by atoms with van der Waals surface area (Å²) in [6.07, 6.45) is 1.59. The lowest BCUT2D eigenvalue weighted by atomic mass is 10.1. The van der Waals surface area contributed by atoms with Crippen molar-refractivity contribution >= 4 is 24.3 Å². The first-order chi connectivity index (χ1) is 7.57. The minimum Gasteiger partial charge on any atom is -0.480 e. The molecule has 110 valence electrons. The van der Waals surface area contributed by atoms with Gasteiger partial charge in [-0.1, -0.05) is 0 Å². The van der Waals surface area contributed by atoms with E-state index in [0.717, 1.165) is 0 Å². The number of aliphatic hydroxyl groups is 1. The van der Waals surface area contributed by atoms with Crippen LogP contribution in [0.5, 0.6) is 0 Å². The maximum atomic E-state index is 10.8. The highest BCUT2D eigenvalue weighted by atomic mass is 35.5. The summed E-state index contributed by atoms with van der Waals surface area (Å²) in [5.74, 6) is -0.886. The van der Waals surface area contributed by atoms with Gasteiger partial charge in [-0.15, -0.1) is 12.4 Å². The number of hydrogen-bond acceptors (Lipinski definition) is 4. The van der Waals surface area contributed by atoms with Gasteiger partial charge in [0.25, 0.3) is 0 Å². The highest BCUT2D eigenvalue weighted by Crippen LogP contribution is 1.98. The van der Waals surface area contributed by atoms with Gasteiger partial charge in [-0.3, -0.25) is 9.79 Å². The number of rotatable bonds is 9. The summed E-state index contributed by atoms with van der Waals surface area (Å²) >= 11 is 0. The van der Waals surface area contributed by atoms with Gasteiger partial charge in [-0.2, -0.15) is 0 Å². The van der Waals surface area contributed by atoms with Crippen LogP contribution in [0.4, 0.5) is 0 Å². The Morgan fingerprint density at radius 2 is 1.94 bits per heavy atom. The van der Waals surface area contributed by atoms with Crippen LogP contribution in [0.25, 0.3) is 0 Å². The van der Waals surface area contributed by atoms with Crippen molar-refractivity contribution in [3.8, 4) is 0 Å². The first-order valence-corrected chi connectivity index (χ1v) is 5.20. The molecule has 0 spiro atoms. The molecule has 0 radical (unpaired) electrons. The van der Waals surface area contributed by atoms with Crippen LogP contribution in [0.2, 0.25) is 0 Å². The first-order valence-electron chi connectivity index (χ1n) is 5.20. The average Bonchev–Trinajstić information content (AvgIpc) is 2.21. The van der Waals surface area contributed by atoms with Crippen LogP contribution in [-0.2, 0) is 4.79 Å². The number of guanidine groups is 1. The largest absolute Gasteiger partial charge is 0.480 e. The number of carbonyl (C=O) groups is 1. The molecular weight excluding hydrogens is 264 g/mol. The van der Waals surface area contributed by atoms with Gasteiger partial charge in [-0.25, -0.2) is 0 Å². The van der Waals surface area contributed by atoms with Gasteiger partial charge >= 0.3 is 5.97 Å². The van der Waals surface area contributed by atoms with Crippen LogP contribution < -0.4 is 16.8 Å². The fraction of sp³-hybridized carbons (Fsp3) is 0.778. The van der Waals surface area contributed by atoms with E-state index in [9.17, 15) is 4.79 Å². The molecule has 0 aliphatic rings. The number of carboxylic acid groups (broad SMARTS) is 1. The number of nitrogens with two attached hydrogens (primary N) is 2. The molecule has 0 saturated heterocycles. The van der Waals surface area contributed by atoms with Crippen LogP contribution in [0.1, 0.15) is 19.3 Å². The highest BCUT2D eigenvalue weighted by Gasteiger charge is 2.15. The van der Waals surface area contributed by atoms with Crippen molar-refractivity contribution in [2.45, 2.75) is 25.3 Å². The number of aliphatic imine (C=N–C) groups is 1. The van der Waals surface area contributed by atoms with E-state index in [4.69, 9.17) is 21.7 Å². The molecule has 0 rings (SSSR count). The summed E-state index contributed by atoms with van der Waals surface area (Å²) < 4.78 is 0. The van der Waals surface area contributed by atoms with Crippen molar-refractivity contribution in [2.24, 2.45) is 16.5 Å². The van der Waals surface area contributed by atoms with E-state index in [1.165, 1.54) is 0 Å². The molecule has 1 atom stereocenters. The molecule has 0 aromatic heterocycles. The number of halogens is 1. The predicted octanol–water partition coefficient (Wildman–Crippen LogP) is -1.94. The zero-order chi connectivity index (χ0) is 12.4. The zero-order valence-corrected chi connectivity index (χ0v) is 10.9. The summed E-state index contributed by atoms with van der Waals surface area (Å²) in [4.78, 5) is 14.6. The van der Waals surface area contributed by atoms with Gasteiger partial charge < -0.3 is 32.5 Å². The van der Waals surface area contributed by atoms with Gasteiger partial charge in [0.2, 0.25) is 0 Å². The molecule has 8 nitrogen and oxygen atoms in total. The number of aliphatic hydroxyl groups excluding tert-OH is 1. The highest BCUT2D eigenvalue weighted by molar-refractivity contribution is 5.85. The van der Waals surface area contributed by atoms with E-state index in [1.54, 1.807) is 0 Å². The molecule has 9 heteroatoms. The Labute approximate surface area is 112 Å². The van der Waals surface area contributed by atoms with Gasteiger partial charge in [0, 0.05) is 13.2 Å². The second kappa shape index (κ2) is 14.0. The maximum absolute atomic E-state index is 10.8. The number of hydrogen-bond donors (Lipinski definition) is 5. The van der Waals surface area contributed by atoms with Crippen LogP contribution in [0, 0.1) is 0 Å². The molecule has 18 heavy (non-hydrogen) atoms. The Hall–Kier alpha value is -1.09. The van der Waals surface area contributed by atoms with Crippen LogP contribution >= 0.6 is 12.4 Å². The van der Waals surface area contributed by atoms with Gasteiger partial charge in [0.05, 0.1) is 0 Å². The number of nitrogens with zero attached hydrogens (tertiary/aromatic N) is 1. The van der Waals surface area contributed by atoms with E-state index in [-0.39, 0.29) is 30.4 Å². The van der Waals surface area contributed by atoms with Crippen molar-refractivity contribution in [3.63, 3.8) is 0 Å². The lowest BCUT2D eigenvalue weighted by Gasteiger charge is -2.13. The molecule has 0 aliphatic heterocycles. The van der Waals surface area contributed by atoms with Crippen LogP contribution in [-0.4, -0.2) is 53.4 Å². The smallest absolute Gasteiger partial charge is 0.320 e. The fourth-order valence-corrected chi connectivity index (χ4v) is 1.17. The maximum Gasteiger partial charge on any atom is 0.320 e. The fourth-order valence-electron chi connectivity index (χ4n) is 1.17. The number of nitrogens with one attached hydrogen (secondary N) is 1. The monoisotopic (exact) mass is 286 g/mol. The molecule has 0 bridgehead atoms. The van der Waals surface area contributed by atoms with Gasteiger partial charge in [0.15, 0.2) is 5.96 Å². The Balaban J connectivity index is -0.00000112. The third kappa shape index (κ3) is 13.0. The Kier molecular flexibility index (Phi) is 17.2. The van der Waals surface area contributed by atoms with Gasteiger partial charge in [0.1, 0.15) is 6.04 Å². The first kappa shape index (κ1) is 22.1. The molecule has 0 aliphatic carbocycles. The minimum absolute atomic E-state index is 0. The molecule has 0 amide bonds. The van der Waals surface area contributed by atoms with E-state index >= 15 is 0 Å². The summed E-state index contributed by atoms with van der Waals surface area (Å²) in [6.45, 7) is 0.955. The second-order valence-corrected chi connectivity index (χ2v) is 3.37. The number of aliphatic carboxylic acids is 1. The third-order valence-electron chi connectivity index (χ3n) is 1.97. The van der Waals surface area contributed by atoms with E-state index in [1.807, 2.05) is 0 Å². The van der Waals surface area contributed by atoms with Crippen LogP contribution in [0.3, 0.4) is 0 Å². The molecule has 9 N–H and O–H groups in total. The number of carboxylic acids is 1. The van der Waals surface area contributed by atoms with Gasteiger partial charge in [-0.05, 0) is 25.8 Å². The van der Waals surface area contributed by atoms with E-state index in [2.05, 4.69) is 10.3 Å². The van der Waals surface area contributed by atoms with Crippen LogP contribution in [0.15, 0.2) is 4.99 Å². The van der Waals surface area contributed by atoms with Crippen molar-refractivity contribution in [3.05, 3.63) is 0 Å². The van der Waals surface area contributed by atoms with Crippen molar-refractivity contribution in [1.29, 1.82) is 0 Å². The summed E-state index contributed by atoms with van der Waals surface area (Å²) in [5, 5.41) is 20.3. The second-order valence-electron chi connectivity index (χ2n) is 3.37. The Morgan fingerprint density at radius 3 is 2.39 bits per heavy atom. The molecule has 0 saturated carbocycles. The molecule has 0 heterocycles. The summed E-state index contributed by atoms with van der Waals surface area (Å²) in [7, 11) is 0. The standard InChI is InChI=1S/C9H20N4O3.ClH.H2O/c10-9(11)13-4-1-3-7(8(15)16)12-5-2-6-14;;/h7,12,14H,1-6H2,(H,15,16)(H4,10,11,13);1H;1H2. The minimum atomic E-state index is -0.900. The lowest BCUT2D eigenvalue weighted by Crippen LogP contribution is -2.37. The average molecular weight is 287 g/mol. The third-order valence-corrected chi connectivity index (χ3v) is 1.97. The summed E-state index contributed by atoms with van der Waals surface area (Å²) in [6, 6.07) is -0.610. The normalized spacial score (nSPS) is 10.7. The SMILES string of the molecule is Cl.NC(N)=NCCCC(NCCCO)C(=O)O.O. The Morgan fingerprint density at radius 1 is 1.33 bits per heavy atom. The predicted molar refractivity (Wildman–Crippen MR) is 71.9 cm³/mol. The van der Waals surface area contributed by atoms with Crippen molar-refractivity contribution in [1.82, 2.24) is 5.32 Å². The van der Waals surface area contributed by atoms with E-state index in [0.29, 0.717) is 32.4 Å².